The molecule has 268 valence electrons. The fraction of sp³-hybridized carbons (Fsp3) is 0.474. The Bertz CT molecular complexity index is 1570. The van der Waals surface area contributed by atoms with Crippen LogP contribution in [0.4, 0.5) is 9.59 Å². The van der Waals surface area contributed by atoms with Crippen LogP contribution >= 0.6 is 0 Å². The number of aliphatic hydroxyl groups excluding tert-OH is 1. The van der Waals surface area contributed by atoms with E-state index < -0.39 is 47.7 Å². The summed E-state index contributed by atoms with van der Waals surface area (Å²) in [6.45, 7) is 6.43. The van der Waals surface area contributed by atoms with Crippen LogP contribution in [0, 0.1) is 17.3 Å². The number of ether oxygens (including phenoxy) is 3. The number of rotatable bonds is 13. The molecule has 5 rings (SSSR count). The first-order valence-corrected chi connectivity index (χ1v) is 17.1. The Hall–Kier alpha value is -4.52. The first kappa shape index (κ1) is 36.8. The lowest BCUT2D eigenvalue weighted by Crippen LogP contribution is -2.58. The van der Waals surface area contributed by atoms with Crippen molar-refractivity contribution in [1.29, 1.82) is 0 Å². The summed E-state index contributed by atoms with van der Waals surface area (Å²) >= 11 is 0. The number of nitrogens with one attached hydrogen (secondary N) is 3. The second kappa shape index (κ2) is 16.5. The fourth-order valence-electron chi connectivity index (χ4n) is 7.20. The quantitative estimate of drug-likeness (QED) is 0.171. The lowest BCUT2D eigenvalue weighted by atomic mass is 9.72. The molecule has 2 aliphatic heterocycles. The van der Waals surface area contributed by atoms with Gasteiger partial charge in [0.05, 0.1) is 38.2 Å². The molecule has 3 heterocycles. The molecular formula is C38H48N4O8. The van der Waals surface area contributed by atoms with Crippen molar-refractivity contribution in [3.8, 4) is 11.3 Å². The molecule has 0 radical (unpaired) electrons. The summed E-state index contributed by atoms with van der Waals surface area (Å²) in [7, 11) is 1.24. The van der Waals surface area contributed by atoms with Crippen molar-refractivity contribution < 1.29 is 38.8 Å². The van der Waals surface area contributed by atoms with Gasteiger partial charge < -0.3 is 40.4 Å². The van der Waals surface area contributed by atoms with Gasteiger partial charge >= 0.3 is 12.2 Å². The molecule has 2 aliphatic rings. The van der Waals surface area contributed by atoms with E-state index in [-0.39, 0.29) is 36.9 Å². The van der Waals surface area contributed by atoms with Crippen molar-refractivity contribution >= 4 is 18.1 Å². The molecule has 0 saturated carbocycles. The highest BCUT2D eigenvalue weighted by molar-refractivity contribution is 5.86. The number of pyridine rings is 1. The van der Waals surface area contributed by atoms with Crippen LogP contribution < -0.4 is 16.0 Å². The average Bonchev–Trinajstić information content (AvgIpc) is 3.72. The molecular weight excluding hydrogens is 640 g/mol. The maximum atomic E-state index is 14.3. The Balaban J connectivity index is 1.55. The molecule has 50 heavy (non-hydrogen) atoms. The van der Waals surface area contributed by atoms with Crippen LogP contribution in [-0.2, 0) is 25.4 Å². The molecule has 0 spiro atoms. The lowest BCUT2D eigenvalue weighted by Gasteiger charge is -2.38. The van der Waals surface area contributed by atoms with Crippen LogP contribution in [-0.4, -0.2) is 84.1 Å². The third-order valence-electron chi connectivity index (χ3n) is 9.71. The fourth-order valence-corrected chi connectivity index (χ4v) is 7.20. The number of alkyl carbamates (subject to hydrolysis) is 1. The minimum atomic E-state index is -1.27. The van der Waals surface area contributed by atoms with Gasteiger partial charge in [-0.1, -0.05) is 81.4 Å². The van der Waals surface area contributed by atoms with Gasteiger partial charge in [-0.15, -0.1) is 0 Å². The van der Waals surface area contributed by atoms with Crippen LogP contribution in [0.1, 0.15) is 50.7 Å². The Kier molecular flexibility index (Phi) is 12.1. The van der Waals surface area contributed by atoms with E-state index in [2.05, 4.69) is 20.9 Å². The van der Waals surface area contributed by atoms with Crippen molar-refractivity contribution in [3.63, 3.8) is 0 Å². The van der Waals surface area contributed by atoms with Gasteiger partial charge in [-0.2, -0.15) is 0 Å². The zero-order valence-electron chi connectivity index (χ0n) is 29.0. The van der Waals surface area contributed by atoms with E-state index in [1.165, 1.54) is 7.11 Å². The molecule has 2 saturated heterocycles. The molecule has 8 atom stereocenters. The minimum Gasteiger partial charge on any atom is -0.465 e. The van der Waals surface area contributed by atoms with E-state index in [1.807, 2.05) is 93.6 Å². The number of carboxylic acid groups (broad SMARTS) is 1. The molecule has 1 aromatic heterocycles. The number of hydrogen-bond acceptors (Lipinski definition) is 8. The third kappa shape index (κ3) is 9.17. The summed E-state index contributed by atoms with van der Waals surface area (Å²) in [5, 5.41) is 30.0. The maximum absolute atomic E-state index is 14.3. The molecule has 12 heteroatoms. The highest BCUT2D eigenvalue weighted by Crippen LogP contribution is 2.45. The second-order valence-electron chi connectivity index (χ2n) is 14.2. The Morgan fingerprint density at radius 1 is 0.940 bits per heavy atom. The third-order valence-corrected chi connectivity index (χ3v) is 9.71. The van der Waals surface area contributed by atoms with Crippen LogP contribution in [0.5, 0.6) is 0 Å². The van der Waals surface area contributed by atoms with Gasteiger partial charge in [0, 0.05) is 29.6 Å². The minimum absolute atomic E-state index is 0.00000995. The van der Waals surface area contributed by atoms with Gasteiger partial charge in [-0.25, -0.2) is 9.59 Å². The molecule has 0 bridgehead atoms. The summed E-state index contributed by atoms with van der Waals surface area (Å²) in [5.41, 5.74) is 2.78. The number of methoxy groups -OCH3 is 1. The summed E-state index contributed by atoms with van der Waals surface area (Å²) in [5.74, 6) is -0.915. The highest BCUT2D eigenvalue weighted by atomic mass is 16.7. The van der Waals surface area contributed by atoms with E-state index >= 15 is 0 Å². The first-order valence-electron chi connectivity index (χ1n) is 17.1. The van der Waals surface area contributed by atoms with Gasteiger partial charge in [0.2, 0.25) is 5.91 Å². The van der Waals surface area contributed by atoms with Crippen molar-refractivity contribution in [2.75, 3.05) is 20.3 Å². The van der Waals surface area contributed by atoms with E-state index in [1.54, 1.807) is 6.20 Å². The molecule has 1 unspecified atom stereocenters. The number of hydrogen-bond donors (Lipinski definition) is 5. The largest absolute Gasteiger partial charge is 0.465 e. The summed E-state index contributed by atoms with van der Waals surface area (Å²) < 4.78 is 16.9. The molecule has 2 fully saturated rings. The van der Waals surface area contributed by atoms with E-state index in [4.69, 9.17) is 14.2 Å². The predicted molar refractivity (Wildman–Crippen MR) is 186 cm³/mol. The average molecular weight is 689 g/mol. The van der Waals surface area contributed by atoms with E-state index in [9.17, 15) is 24.6 Å². The predicted octanol–water partition coefficient (Wildman–Crippen LogP) is 4.73. The smallest absolute Gasteiger partial charge is 0.407 e. The number of benzene rings is 2. The van der Waals surface area contributed by atoms with Gasteiger partial charge in [-0.3, -0.25) is 9.78 Å². The van der Waals surface area contributed by atoms with Crippen molar-refractivity contribution in [2.45, 2.75) is 76.5 Å². The first-order chi connectivity index (χ1) is 23.9. The van der Waals surface area contributed by atoms with Crippen LogP contribution in [0.2, 0.25) is 0 Å². The standard InChI is InChI=1S/C38H48N4O8/c1-38(2,3)33(42-37(47)48-4)34(44)40-30(21-31(43)29(41-36(45)46)20-23-10-6-5-7-11-23)32(27-22-50-35-26(27)17-19-49-35)25-15-13-24(14-16-25)28-12-8-9-18-39-28/h5-16,18,26-27,29-33,35,41,43H,17,19-22H2,1-4H3,(H,40,44)(H,42,47)(H,45,46)/t26-,27+,29+,30-,31-,32?,33-,35+/m1/s1. The van der Waals surface area contributed by atoms with Crippen LogP contribution in [0.15, 0.2) is 79.0 Å². The number of amides is 3. The number of carbonyl (C=O) groups is 3. The normalized spacial score (nSPS) is 21.6. The zero-order chi connectivity index (χ0) is 35.8. The van der Waals surface area contributed by atoms with E-state index in [0.717, 1.165) is 28.8 Å². The molecule has 3 amide bonds. The van der Waals surface area contributed by atoms with Crippen molar-refractivity contribution in [2.24, 2.45) is 17.3 Å². The number of aromatic nitrogens is 1. The summed E-state index contributed by atoms with van der Waals surface area (Å²) in [6.07, 6.45) is -0.851. The molecule has 0 aliphatic carbocycles. The Morgan fingerprint density at radius 3 is 2.30 bits per heavy atom. The maximum Gasteiger partial charge on any atom is 0.407 e. The number of fused-ring (bicyclic) bond motifs is 1. The van der Waals surface area contributed by atoms with Gasteiger partial charge in [0.15, 0.2) is 6.29 Å². The number of nitrogens with zero attached hydrogens (tertiary/aromatic N) is 1. The monoisotopic (exact) mass is 688 g/mol. The molecule has 3 aromatic rings. The Labute approximate surface area is 292 Å². The summed E-state index contributed by atoms with van der Waals surface area (Å²) in [6, 6.07) is 20.4. The van der Waals surface area contributed by atoms with Gasteiger partial charge in [-0.05, 0) is 53.9 Å². The van der Waals surface area contributed by atoms with E-state index in [0.29, 0.717) is 13.2 Å². The van der Waals surface area contributed by atoms with Gasteiger partial charge in [0.1, 0.15) is 6.04 Å². The number of carbonyl (C=O) groups excluding carboxylic acids is 2. The van der Waals surface area contributed by atoms with Crippen LogP contribution in [0.3, 0.4) is 0 Å². The second-order valence-corrected chi connectivity index (χ2v) is 14.2. The Morgan fingerprint density at radius 2 is 1.66 bits per heavy atom. The highest BCUT2D eigenvalue weighted by Gasteiger charge is 2.49. The lowest BCUT2D eigenvalue weighted by molar-refractivity contribution is -0.126. The molecule has 2 aromatic carbocycles. The van der Waals surface area contributed by atoms with Crippen molar-refractivity contribution in [3.05, 3.63) is 90.1 Å². The number of aliphatic hydroxyl groups is 1. The summed E-state index contributed by atoms with van der Waals surface area (Å²) in [4.78, 5) is 43.1. The van der Waals surface area contributed by atoms with Gasteiger partial charge in [0.25, 0.3) is 0 Å². The zero-order valence-corrected chi connectivity index (χ0v) is 29.0. The topological polar surface area (TPSA) is 168 Å². The molecule has 5 N–H and O–H groups in total. The SMILES string of the molecule is COC(=O)N[C@H](C(=O)N[C@H](C[C@@H](O)[C@H](Cc1ccccc1)NC(=O)O)C(c1ccc(-c2ccccn2)cc1)[C@H]1CO[C@@H]2OCC[C@@H]21)C(C)(C)C. The molecule has 12 nitrogen and oxygen atoms in total. The van der Waals surface area contributed by atoms with Crippen LogP contribution in [0.25, 0.3) is 11.3 Å². The van der Waals surface area contributed by atoms with Crippen molar-refractivity contribution in [1.82, 2.24) is 20.9 Å².